The van der Waals surface area contributed by atoms with Crippen molar-refractivity contribution in [2.75, 3.05) is 26.2 Å². The standard InChI is InChI=1S/C13H23N3O3/c1-9(2)15-5-3-10(8-15)16-6-4-14-13(19)11(16)7-12(17)18/h9-11H,3-8H2,1-2H3,(H,14,19)(H,17,18). The number of carbonyl (C=O) groups is 2. The van der Waals surface area contributed by atoms with Gasteiger partial charge in [0.25, 0.3) is 0 Å². The fourth-order valence-electron chi connectivity index (χ4n) is 3.05. The lowest BCUT2D eigenvalue weighted by Crippen LogP contribution is -2.59. The maximum atomic E-state index is 11.9. The molecule has 0 radical (unpaired) electrons. The van der Waals surface area contributed by atoms with Crippen molar-refractivity contribution in [1.29, 1.82) is 0 Å². The Bertz CT molecular complexity index is 359. The van der Waals surface area contributed by atoms with Crippen LogP contribution >= 0.6 is 0 Å². The van der Waals surface area contributed by atoms with E-state index in [1.807, 2.05) is 0 Å². The molecule has 108 valence electrons. The Morgan fingerprint density at radius 1 is 1.47 bits per heavy atom. The highest BCUT2D eigenvalue weighted by Gasteiger charge is 2.38. The van der Waals surface area contributed by atoms with E-state index < -0.39 is 12.0 Å². The summed E-state index contributed by atoms with van der Waals surface area (Å²) in [5.74, 6) is -1.05. The summed E-state index contributed by atoms with van der Waals surface area (Å²) in [7, 11) is 0. The van der Waals surface area contributed by atoms with Gasteiger partial charge < -0.3 is 10.4 Å². The van der Waals surface area contributed by atoms with Crippen LogP contribution in [-0.4, -0.2) is 71.1 Å². The van der Waals surface area contributed by atoms with Gasteiger partial charge in [0.2, 0.25) is 5.91 Å². The molecule has 0 aliphatic carbocycles. The SMILES string of the molecule is CC(C)N1CCC(N2CCNC(=O)C2CC(=O)O)C1. The lowest BCUT2D eigenvalue weighted by Gasteiger charge is -2.38. The average molecular weight is 269 g/mol. The third-order valence-electron chi connectivity index (χ3n) is 4.13. The summed E-state index contributed by atoms with van der Waals surface area (Å²) in [6.45, 7) is 7.66. The van der Waals surface area contributed by atoms with Crippen molar-refractivity contribution in [3.05, 3.63) is 0 Å². The van der Waals surface area contributed by atoms with Gasteiger partial charge >= 0.3 is 5.97 Å². The Morgan fingerprint density at radius 3 is 2.79 bits per heavy atom. The van der Waals surface area contributed by atoms with Gasteiger partial charge in [-0.25, -0.2) is 0 Å². The summed E-state index contributed by atoms with van der Waals surface area (Å²) in [5.41, 5.74) is 0. The number of carboxylic acid groups (broad SMARTS) is 1. The first-order valence-corrected chi connectivity index (χ1v) is 6.98. The minimum Gasteiger partial charge on any atom is -0.481 e. The van der Waals surface area contributed by atoms with Crippen molar-refractivity contribution < 1.29 is 14.7 Å². The topological polar surface area (TPSA) is 72.9 Å². The average Bonchev–Trinajstić information content (AvgIpc) is 2.80. The molecular weight excluding hydrogens is 246 g/mol. The van der Waals surface area contributed by atoms with Crippen molar-refractivity contribution >= 4 is 11.9 Å². The van der Waals surface area contributed by atoms with Crippen LogP contribution in [0.15, 0.2) is 0 Å². The number of nitrogens with one attached hydrogen (secondary N) is 1. The second kappa shape index (κ2) is 5.88. The van der Waals surface area contributed by atoms with Gasteiger partial charge in [0.05, 0.1) is 12.5 Å². The van der Waals surface area contributed by atoms with Crippen molar-refractivity contribution in [1.82, 2.24) is 15.1 Å². The smallest absolute Gasteiger partial charge is 0.305 e. The molecule has 2 fully saturated rings. The van der Waals surface area contributed by atoms with Gasteiger partial charge in [0.15, 0.2) is 0 Å². The van der Waals surface area contributed by atoms with Crippen LogP contribution in [0.1, 0.15) is 26.7 Å². The fraction of sp³-hybridized carbons (Fsp3) is 0.846. The third-order valence-corrected chi connectivity index (χ3v) is 4.13. The van der Waals surface area contributed by atoms with Gasteiger partial charge in [-0.3, -0.25) is 19.4 Å². The first-order chi connectivity index (χ1) is 8.99. The normalized spacial score (nSPS) is 29.7. The number of hydrogen-bond donors (Lipinski definition) is 2. The number of piperazine rings is 1. The number of nitrogens with zero attached hydrogens (tertiary/aromatic N) is 2. The molecule has 2 saturated heterocycles. The molecule has 0 saturated carbocycles. The van der Waals surface area contributed by atoms with Crippen LogP contribution in [0.3, 0.4) is 0 Å². The summed E-state index contributed by atoms with van der Waals surface area (Å²) in [4.78, 5) is 27.3. The fourth-order valence-corrected chi connectivity index (χ4v) is 3.05. The molecule has 1 amide bonds. The number of amides is 1. The lowest BCUT2D eigenvalue weighted by atomic mass is 10.0. The maximum Gasteiger partial charge on any atom is 0.305 e. The number of rotatable bonds is 4. The minimum atomic E-state index is -0.911. The van der Waals surface area contributed by atoms with E-state index in [4.69, 9.17) is 5.11 Å². The van der Waals surface area contributed by atoms with Crippen molar-refractivity contribution in [2.24, 2.45) is 0 Å². The number of carbonyl (C=O) groups excluding carboxylic acids is 1. The molecule has 0 aromatic carbocycles. The molecule has 2 aliphatic rings. The zero-order valence-electron chi connectivity index (χ0n) is 11.6. The van der Waals surface area contributed by atoms with Gasteiger partial charge in [0, 0.05) is 38.3 Å². The van der Waals surface area contributed by atoms with E-state index in [2.05, 4.69) is 29.0 Å². The molecule has 0 aromatic heterocycles. The monoisotopic (exact) mass is 269 g/mol. The second-order valence-electron chi connectivity index (χ2n) is 5.67. The molecule has 0 spiro atoms. The van der Waals surface area contributed by atoms with Crippen LogP contribution in [0.2, 0.25) is 0 Å². The highest BCUT2D eigenvalue weighted by molar-refractivity contribution is 5.86. The van der Waals surface area contributed by atoms with E-state index in [9.17, 15) is 9.59 Å². The van der Waals surface area contributed by atoms with Gasteiger partial charge in [-0.1, -0.05) is 0 Å². The van der Waals surface area contributed by atoms with Crippen LogP contribution < -0.4 is 5.32 Å². The van der Waals surface area contributed by atoms with Gasteiger partial charge in [-0.05, 0) is 20.3 Å². The van der Waals surface area contributed by atoms with E-state index in [1.165, 1.54) is 0 Å². The quantitative estimate of drug-likeness (QED) is 0.736. The number of aliphatic carboxylic acids is 1. The largest absolute Gasteiger partial charge is 0.481 e. The number of likely N-dealkylation sites (tertiary alicyclic amines) is 1. The molecule has 2 heterocycles. The predicted molar refractivity (Wildman–Crippen MR) is 70.9 cm³/mol. The summed E-state index contributed by atoms with van der Waals surface area (Å²) in [6, 6.07) is 0.294. The molecule has 2 atom stereocenters. The Hall–Kier alpha value is -1.14. The summed E-state index contributed by atoms with van der Waals surface area (Å²) < 4.78 is 0. The molecule has 0 bridgehead atoms. The van der Waals surface area contributed by atoms with Crippen LogP contribution in [0.5, 0.6) is 0 Å². The zero-order valence-corrected chi connectivity index (χ0v) is 11.6. The molecule has 2 rings (SSSR count). The minimum absolute atomic E-state index is 0.107. The highest BCUT2D eigenvalue weighted by atomic mass is 16.4. The number of carboxylic acids is 1. The summed E-state index contributed by atoms with van der Waals surface area (Å²) >= 11 is 0. The zero-order chi connectivity index (χ0) is 14.0. The van der Waals surface area contributed by atoms with E-state index in [0.29, 0.717) is 18.6 Å². The van der Waals surface area contributed by atoms with E-state index in [0.717, 1.165) is 26.1 Å². The maximum absolute atomic E-state index is 11.9. The van der Waals surface area contributed by atoms with Crippen LogP contribution in [0, 0.1) is 0 Å². The first kappa shape index (κ1) is 14.3. The molecule has 2 unspecified atom stereocenters. The molecular formula is C13H23N3O3. The second-order valence-corrected chi connectivity index (χ2v) is 5.67. The van der Waals surface area contributed by atoms with E-state index in [1.54, 1.807) is 0 Å². The van der Waals surface area contributed by atoms with E-state index in [-0.39, 0.29) is 12.3 Å². The Kier molecular flexibility index (Phi) is 4.42. The van der Waals surface area contributed by atoms with Crippen LogP contribution in [-0.2, 0) is 9.59 Å². The van der Waals surface area contributed by atoms with Crippen LogP contribution in [0.25, 0.3) is 0 Å². The Balaban J connectivity index is 2.04. The van der Waals surface area contributed by atoms with Gasteiger partial charge in [-0.2, -0.15) is 0 Å². The Labute approximate surface area is 113 Å². The molecule has 2 N–H and O–H groups in total. The van der Waals surface area contributed by atoms with Gasteiger partial charge in [-0.15, -0.1) is 0 Å². The lowest BCUT2D eigenvalue weighted by molar-refractivity contribution is -0.143. The van der Waals surface area contributed by atoms with E-state index >= 15 is 0 Å². The van der Waals surface area contributed by atoms with Crippen molar-refractivity contribution in [2.45, 2.75) is 44.8 Å². The summed E-state index contributed by atoms with van der Waals surface area (Å²) in [5, 5.41) is 11.7. The Morgan fingerprint density at radius 2 is 2.21 bits per heavy atom. The highest BCUT2D eigenvalue weighted by Crippen LogP contribution is 2.22. The van der Waals surface area contributed by atoms with Crippen molar-refractivity contribution in [3.8, 4) is 0 Å². The molecule has 19 heavy (non-hydrogen) atoms. The van der Waals surface area contributed by atoms with Crippen molar-refractivity contribution in [3.63, 3.8) is 0 Å². The number of hydrogen-bond acceptors (Lipinski definition) is 4. The molecule has 2 aliphatic heterocycles. The first-order valence-electron chi connectivity index (χ1n) is 6.98. The third kappa shape index (κ3) is 3.25. The summed E-state index contributed by atoms with van der Waals surface area (Å²) in [6.07, 6.45) is 0.908. The molecule has 0 aromatic rings. The molecule has 6 nitrogen and oxygen atoms in total. The van der Waals surface area contributed by atoms with Crippen LogP contribution in [0.4, 0.5) is 0 Å². The predicted octanol–water partition coefficient (Wildman–Crippen LogP) is -0.256. The molecule has 6 heteroatoms. The van der Waals surface area contributed by atoms with Gasteiger partial charge in [0.1, 0.15) is 0 Å².